The quantitative estimate of drug-likeness (QED) is 0.217. The van der Waals surface area contributed by atoms with Crippen LogP contribution in [0.4, 0.5) is 5.69 Å². The summed E-state index contributed by atoms with van der Waals surface area (Å²) in [7, 11) is 0. The van der Waals surface area contributed by atoms with E-state index in [9.17, 15) is 20.2 Å². The molecular formula is C19H9N3O5S. The van der Waals surface area contributed by atoms with Gasteiger partial charge in [0.2, 0.25) is 0 Å². The third kappa shape index (κ3) is 3.20. The van der Waals surface area contributed by atoms with Gasteiger partial charge < -0.3 is 8.83 Å². The minimum atomic E-state index is -0.619. The summed E-state index contributed by atoms with van der Waals surface area (Å²) >= 11 is 1.19. The number of nitro groups is 1. The molecule has 9 heteroatoms. The summed E-state index contributed by atoms with van der Waals surface area (Å²) in [6.07, 6.45) is 3.04. The maximum Gasteiger partial charge on any atom is 0.345 e. The van der Waals surface area contributed by atoms with Crippen molar-refractivity contribution in [1.29, 1.82) is 5.26 Å². The Kier molecular flexibility index (Phi) is 4.31. The molecule has 0 aliphatic carbocycles. The molecule has 0 fully saturated rings. The van der Waals surface area contributed by atoms with Gasteiger partial charge in [-0.25, -0.2) is 9.78 Å². The Labute approximate surface area is 160 Å². The van der Waals surface area contributed by atoms with Crippen LogP contribution in [-0.4, -0.2) is 9.91 Å². The van der Waals surface area contributed by atoms with Gasteiger partial charge >= 0.3 is 5.63 Å². The number of nitrogens with zero attached hydrogens (tertiary/aromatic N) is 3. The smallest absolute Gasteiger partial charge is 0.345 e. The summed E-state index contributed by atoms with van der Waals surface area (Å²) in [6.45, 7) is 0. The van der Waals surface area contributed by atoms with Gasteiger partial charge in [0.1, 0.15) is 22.4 Å². The monoisotopic (exact) mass is 391 g/mol. The van der Waals surface area contributed by atoms with Crippen LogP contribution in [0.2, 0.25) is 0 Å². The van der Waals surface area contributed by atoms with Gasteiger partial charge in [0.25, 0.3) is 5.69 Å². The molecule has 28 heavy (non-hydrogen) atoms. The van der Waals surface area contributed by atoms with Crippen LogP contribution in [0.5, 0.6) is 0 Å². The Bertz CT molecular complexity index is 1330. The third-order valence-corrected chi connectivity index (χ3v) is 4.76. The lowest BCUT2D eigenvalue weighted by Gasteiger charge is -2.00. The highest BCUT2D eigenvalue weighted by molar-refractivity contribution is 7.11. The largest absolute Gasteiger partial charge is 0.465 e. The standard InChI is InChI=1S/C19H9N3O5S/c20-9-12(7-14-2-1-5-26-14)18-21-16(10-28-18)15-8-11-6-13(22(24)25)3-4-17(11)27-19(15)23/h1-8,10H/b12-7+. The molecule has 0 unspecified atom stereocenters. The lowest BCUT2D eigenvalue weighted by Crippen LogP contribution is -2.03. The highest BCUT2D eigenvalue weighted by Gasteiger charge is 2.15. The number of benzene rings is 1. The molecular weight excluding hydrogens is 382 g/mol. The lowest BCUT2D eigenvalue weighted by atomic mass is 10.1. The number of rotatable bonds is 4. The van der Waals surface area contributed by atoms with Crippen LogP contribution in [0.1, 0.15) is 10.8 Å². The molecule has 0 radical (unpaired) electrons. The van der Waals surface area contributed by atoms with Crippen LogP contribution in [0, 0.1) is 21.4 Å². The van der Waals surface area contributed by atoms with Crippen molar-refractivity contribution >= 4 is 39.6 Å². The lowest BCUT2D eigenvalue weighted by molar-refractivity contribution is -0.384. The topological polar surface area (TPSA) is 123 Å². The molecule has 0 spiro atoms. The molecule has 0 aliphatic heterocycles. The molecule has 0 saturated heterocycles. The van der Waals surface area contributed by atoms with Crippen molar-refractivity contribution in [2.75, 3.05) is 0 Å². The number of fused-ring (bicyclic) bond motifs is 1. The zero-order valence-electron chi connectivity index (χ0n) is 14.0. The number of nitriles is 1. The molecule has 0 bridgehead atoms. The molecule has 0 amide bonds. The summed E-state index contributed by atoms with van der Waals surface area (Å²) in [6, 6.07) is 10.9. The second kappa shape index (κ2) is 6.94. The Morgan fingerprint density at radius 3 is 2.89 bits per heavy atom. The van der Waals surface area contributed by atoms with E-state index in [0.717, 1.165) is 0 Å². The number of aromatic nitrogens is 1. The van der Waals surface area contributed by atoms with Crippen LogP contribution >= 0.6 is 11.3 Å². The molecule has 0 atom stereocenters. The van der Waals surface area contributed by atoms with E-state index in [4.69, 9.17) is 8.83 Å². The van der Waals surface area contributed by atoms with E-state index in [1.165, 1.54) is 41.9 Å². The number of hydrogen-bond acceptors (Lipinski definition) is 8. The first-order chi connectivity index (χ1) is 13.5. The Hall–Kier alpha value is -4.03. The molecule has 0 aliphatic rings. The predicted molar refractivity (Wildman–Crippen MR) is 102 cm³/mol. The second-order valence-electron chi connectivity index (χ2n) is 5.65. The van der Waals surface area contributed by atoms with Gasteiger partial charge in [0.15, 0.2) is 0 Å². The van der Waals surface area contributed by atoms with Crippen molar-refractivity contribution in [3.8, 4) is 17.3 Å². The first-order valence-corrected chi connectivity index (χ1v) is 8.77. The highest BCUT2D eigenvalue weighted by atomic mass is 32.1. The highest BCUT2D eigenvalue weighted by Crippen LogP contribution is 2.28. The SMILES string of the molecule is N#C/C(=C\c1ccco1)c1nc(-c2cc3cc([N+](=O)[O-])ccc3oc2=O)cs1. The summed E-state index contributed by atoms with van der Waals surface area (Å²) in [5, 5.41) is 22.8. The molecule has 8 nitrogen and oxygen atoms in total. The van der Waals surface area contributed by atoms with Crippen LogP contribution in [0.3, 0.4) is 0 Å². The summed E-state index contributed by atoms with van der Waals surface area (Å²) in [5.41, 5.74) is 0.275. The van der Waals surface area contributed by atoms with Gasteiger partial charge in [-0.1, -0.05) is 0 Å². The fraction of sp³-hybridized carbons (Fsp3) is 0. The number of thiazole rings is 1. The average Bonchev–Trinajstić information content (AvgIpc) is 3.37. The molecule has 0 saturated carbocycles. The minimum Gasteiger partial charge on any atom is -0.465 e. The number of allylic oxidation sites excluding steroid dienone is 1. The van der Waals surface area contributed by atoms with E-state index >= 15 is 0 Å². The van der Waals surface area contributed by atoms with Gasteiger partial charge in [-0.05, 0) is 24.3 Å². The van der Waals surface area contributed by atoms with Crippen molar-refractivity contribution in [3.63, 3.8) is 0 Å². The molecule has 3 heterocycles. The second-order valence-corrected chi connectivity index (χ2v) is 6.51. The van der Waals surface area contributed by atoms with Crippen LogP contribution in [0.15, 0.2) is 61.7 Å². The molecule has 3 aromatic heterocycles. The summed E-state index contributed by atoms with van der Waals surface area (Å²) in [5.74, 6) is 0.505. The van der Waals surface area contributed by atoms with Crippen molar-refractivity contribution in [2.24, 2.45) is 0 Å². The van der Waals surface area contributed by atoms with Gasteiger partial charge in [0.05, 0.1) is 28.0 Å². The number of nitro benzene ring substituents is 1. The molecule has 0 N–H and O–H groups in total. The predicted octanol–water partition coefficient (Wildman–Crippen LogP) is 4.48. The molecule has 136 valence electrons. The van der Waals surface area contributed by atoms with E-state index < -0.39 is 10.5 Å². The van der Waals surface area contributed by atoms with Gasteiger partial charge in [-0.2, -0.15) is 5.26 Å². The number of hydrogen-bond donors (Lipinski definition) is 0. The molecule has 4 rings (SSSR count). The maximum absolute atomic E-state index is 12.3. The minimum absolute atomic E-state index is 0.112. The Morgan fingerprint density at radius 2 is 2.18 bits per heavy atom. The van der Waals surface area contributed by atoms with Crippen LogP contribution < -0.4 is 5.63 Å². The van der Waals surface area contributed by atoms with Crippen molar-refractivity contribution < 1.29 is 13.8 Å². The van der Waals surface area contributed by atoms with E-state index in [1.54, 1.807) is 23.6 Å². The Balaban J connectivity index is 1.78. The average molecular weight is 391 g/mol. The zero-order chi connectivity index (χ0) is 19.7. The normalized spacial score (nSPS) is 11.5. The number of non-ortho nitro benzene ring substituents is 1. The Morgan fingerprint density at radius 1 is 1.32 bits per heavy atom. The van der Waals surface area contributed by atoms with E-state index in [1.807, 2.05) is 0 Å². The van der Waals surface area contributed by atoms with Crippen molar-refractivity contribution in [1.82, 2.24) is 4.98 Å². The maximum atomic E-state index is 12.3. The third-order valence-electron chi connectivity index (χ3n) is 3.89. The van der Waals surface area contributed by atoms with E-state index in [-0.39, 0.29) is 22.4 Å². The van der Waals surface area contributed by atoms with Gasteiger partial charge in [-0.15, -0.1) is 11.3 Å². The zero-order valence-corrected chi connectivity index (χ0v) is 14.8. The fourth-order valence-corrected chi connectivity index (χ4v) is 3.37. The van der Waals surface area contributed by atoms with Crippen molar-refractivity contribution in [3.05, 3.63) is 79.3 Å². The van der Waals surface area contributed by atoms with Crippen LogP contribution in [-0.2, 0) is 0 Å². The van der Waals surface area contributed by atoms with E-state index in [0.29, 0.717) is 21.8 Å². The van der Waals surface area contributed by atoms with E-state index in [2.05, 4.69) is 11.1 Å². The van der Waals surface area contributed by atoms with Gasteiger partial charge in [-0.3, -0.25) is 10.1 Å². The summed E-state index contributed by atoms with van der Waals surface area (Å²) in [4.78, 5) is 27.1. The van der Waals surface area contributed by atoms with Crippen LogP contribution in [0.25, 0.3) is 33.9 Å². The fourth-order valence-electron chi connectivity index (χ4n) is 2.58. The molecule has 1 aromatic carbocycles. The van der Waals surface area contributed by atoms with Crippen molar-refractivity contribution in [2.45, 2.75) is 0 Å². The van der Waals surface area contributed by atoms with Gasteiger partial charge in [0, 0.05) is 29.0 Å². The first-order valence-electron chi connectivity index (χ1n) is 7.89. The number of furan rings is 1. The first kappa shape index (κ1) is 17.4. The summed E-state index contributed by atoms with van der Waals surface area (Å²) < 4.78 is 10.5. The molecule has 4 aromatic rings.